The van der Waals surface area contributed by atoms with Gasteiger partial charge in [0.15, 0.2) is 0 Å². The lowest BCUT2D eigenvalue weighted by molar-refractivity contribution is -0.136. The zero-order valence-corrected chi connectivity index (χ0v) is 16.6. The van der Waals surface area contributed by atoms with E-state index < -0.39 is 6.04 Å². The second-order valence-corrected chi connectivity index (χ2v) is 8.48. The maximum absolute atomic E-state index is 12.8. The van der Waals surface area contributed by atoms with Crippen molar-refractivity contribution in [3.63, 3.8) is 0 Å². The van der Waals surface area contributed by atoms with Crippen LogP contribution in [0.25, 0.3) is 0 Å². The zero-order chi connectivity index (χ0) is 20.9. The first kappa shape index (κ1) is 18.8. The maximum atomic E-state index is 12.8. The number of anilines is 1. The van der Waals surface area contributed by atoms with Crippen LogP contribution in [0.1, 0.15) is 52.7 Å². The molecule has 2 heterocycles. The second kappa shape index (κ2) is 6.95. The number of piperidine rings is 1. The summed E-state index contributed by atoms with van der Waals surface area (Å²) in [4.78, 5) is 37.9. The molecule has 4 N–H and O–H groups in total. The van der Waals surface area contributed by atoms with Gasteiger partial charge in [0.25, 0.3) is 5.91 Å². The Labute approximate surface area is 174 Å². The van der Waals surface area contributed by atoms with Crippen LogP contribution < -0.4 is 16.4 Å². The number of amides is 3. The largest absolute Gasteiger partial charge is 0.381 e. The van der Waals surface area contributed by atoms with Gasteiger partial charge in [0.2, 0.25) is 11.8 Å². The highest BCUT2D eigenvalue weighted by Gasteiger charge is 2.40. The predicted octanol–water partition coefficient (Wildman–Crippen LogP) is 2.01. The van der Waals surface area contributed by atoms with E-state index in [2.05, 4.69) is 22.8 Å². The highest BCUT2D eigenvalue weighted by atomic mass is 16.2. The van der Waals surface area contributed by atoms with Crippen LogP contribution in [-0.4, -0.2) is 28.7 Å². The molecule has 2 fully saturated rings. The monoisotopic (exact) mass is 404 g/mol. The summed E-state index contributed by atoms with van der Waals surface area (Å²) >= 11 is 0. The van der Waals surface area contributed by atoms with Crippen molar-refractivity contribution in [2.75, 3.05) is 5.32 Å². The van der Waals surface area contributed by atoms with Gasteiger partial charge in [-0.05, 0) is 54.2 Å². The van der Waals surface area contributed by atoms with Crippen molar-refractivity contribution >= 4 is 23.4 Å². The first-order valence-corrected chi connectivity index (χ1v) is 10.3. The fourth-order valence-electron chi connectivity index (χ4n) is 4.29. The number of rotatable bonds is 5. The highest BCUT2D eigenvalue weighted by molar-refractivity contribution is 6.05. The third-order valence-corrected chi connectivity index (χ3v) is 6.33. The number of carbonyl (C=O) groups excluding carboxylic acids is 3. The average Bonchev–Trinajstić information content (AvgIpc) is 3.41. The summed E-state index contributed by atoms with van der Waals surface area (Å²) in [6, 6.07) is 13.4. The van der Waals surface area contributed by atoms with E-state index in [0.29, 0.717) is 25.1 Å². The molecule has 2 aromatic carbocycles. The molecule has 7 nitrogen and oxygen atoms in total. The zero-order valence-electron chi connectivity index (χ0n) is 16.6. The summed E-state index contributed by atoms with van der Waals surface area (Å²) in [5.41, 5.74) is 10.9. The fourth-order valence-corrected chi connectivity index (χ4v) is 4.29. The molecule has 0 radical (unpaired) electrons. The smallest absolute Gasteiger partial charge is 0.255 e. The van der Waals surface area contributed by atoms with E-state index in [0.717, 1.165) is 29.7 Å². The Balaban J connectivity index is 1.25. The van der Waals surface area contributed by atoms with Gasteiger partial charge in [0, 0.05) is 36.3 Å². The van der Waals surface area contributed by atoms with E-state index in [9.17, 15) is 14.4 Å². The van der Waals surface area contributed by atoms with Crippen molar-refractivity contribution in [2.24, 2.45) is 5.73 Å². The molecular formula is C23H24N4O3. The van der Waals surface area contributed by atoms with Gasteiger partial charge in [-0.25, -0.2) is 0 Å². The van der Waals surface area contributed by atoms with E-state index >= 15 is 0 Å². The average molecular weight is 404 g/mol. The molecule has 30 heavy (non-hydrogen) atoms. The van der Waals surface area contributed by atoms with Crippen LogP contribution in [0.15, 0.2) is 42.5 Å². The Morgan fingerprint density at radius 1 is 1.10 bits per heavy atom. The summed E-state index contributed by atoms with van der Waals surface area (Å²) in [6.45, 7) is 1.02. The molecule has 2 aliphatic heterocycles. The number of hydrogen-bond donors (Lipinski definition) is 3. The minimum Gasteiger partial charge on any atom is -0.381 e. The van der Waals surface area contributed by atoms with Gasteiger partial charge in [-0.3, -0.25) is 19.7 Å². The number of nitrogens with two attached hydrogens (primary N) is 1. The Morgan fingerprint density at radius 3 is 2.57 bits per heavy atom. The molecule has 1 aliphatic carbocycles. The molecule has 1 atom stereocenters. The standard InChI is InChI=1S/C23H24N4O3/c24-23(9-10-23)16-2-4-17(5-3-16)25-12-14-1-6-18-15(11-14)13-27(22(18)30)19-7-8-20(28)26-21(19)29/h1-6,11,19,25H,7-10,12-13,24H2,(H,26,28,29). The molecule has 0 aromatic heterocycles. The van der Waals surface area contributed by atoms with Crippen molar-refractivity contribution in [2.45, 2.75) is 50.4 Å². The molecular weight excluding hydrogens is 380 g/mol. The molecule has 3 amide bonds. The lowest BCUT2D eigenvalue weighted by atomic mass is 10.0. The summed E-state index contributed by atoms with van der Waals surface area (Å²) in [6.07, 6.45) is 2.72. The Kier molecular flexibility index (Phi) is 4.36. The van der Waals surface area contributed by atoms with Gasteiger partial charge in [-0.2, -0.15) is 0 Å². The van der Waals surface area contributed by atoms with Crippen molar-refractivity contribution < 1.29 is 14.4 Å². The molecule has 1 unspecified atom stereocenters. The number of fused-ring (bicyclic) bond motifs is 1. The Morgan fingerprint density at radius 2 is 1.87 bits per heavy atom. The van der Waals surface area contributed by atoms with Gasteiger partial charge in [0.1, 0.15) is 6.04 Å². The summed E-state index contributed by atoms with van der Waals surface area (Å²) < 4.78 is 0. The molecule has 7 heteroatoms. The van der Waals surface area contributed by atoms with Gasteiger partial charge in [-0.15, -0.1) is 0 Å². The number of imide groups is 1. The second-order valence-electron chi connectivity index (χ2n) is 8.48. The van der Waals surface area contributed by atoms with Crippen LogP contribution >= 0.6 is 0 Å². The van der Waals surface area contributed by atoms with Crippen molar-refractivity contribution in [3.8, 4) is 0 Å². The highest BCUT2D eigenvalue weighted by Crippen LogP contribution is 2.42. The number of hydrogen-bond acceptors (Lipinski definition) is 5. The number of carbonyl (C=O) groups is 3. The summed E-state index contributed by atoms with van der Waals surface area (Å²) in [5, 5.41) is 5.74. The number of nitrogens with zero attached hydrogens (tertiary/aromatic N) is 1. The quantitative estimate of drug-likeness (QED) is 0.662. The van der Waals surface area contributed by atoms with Crippen molar-refractivity contribution in [1.82, 2.24) is 10.2 Å². The first-order chi connectivity index (χ1) is 14.4. The van der Waals surface area contributed by atoms with E-state index in [1.54, 1.807) is 4.90 Å². The van der Waals surface area contributed by atoms with E-state index in [1.807, 2.05) is 30.3 Å². The lowest BCUT2D eigenvalue weighted by Crippen LogP contribution is -2.52. The molecule has 1 saturated carbocycles. The van der Waals surface area contributed by atoms with Gasteiger partial charge < -0.3 is 16.0 Å². The van der Waals surface area contributed by atoms with Gasteiger partial charge >= 0.3 is 0 Å². The predicted molar refractivity (Wildman–Crippen MR) is 111 cm³/mol. The molecule has 2 aromatic rings. The Bertz CT molecular complexity index is 1040. The van der Waals surface area contributed by atoms with E-state index in [-0.39, 0.29) is 29.7 Å². The lowest BCUT2D eigenvalue weighted by Gasteiger charge is -2.29. The third-order valence-electron chi connectivity index (χ3n) is 6.33. The SMILES string of the molecule is NC1(c2ccc(NCc3ccc4c(c3)CN(C3CCC(=O)NC3=O)C4=O)cc2)CC1. The Hall–Kier alpha value is -3.19. The topological polar surface area (TPSA) is 105 Å². The fraction of sp³-hybridized carbons (Fsp3) is 0.348. The van der Waals surface area contributed by atoms with E-state index in [1.165, 1.54) is 5.56 Å². The molecule has 0 spiro atoms. The molecule has 0 bridgehead atoms. The number of nitrogens with one attached hydrogen (secondary N) is 2. The van der Waals surface area contributed by atoms with Crippen molar-refractivity contribution in [3.05, 3.63) is 64.7 Å². The van der Waals surface area contributed by atoms with Crippen LogP contribution in [0.3, 0.4) is 0 Å². The van der Waals surface area contributed by atoms with Crippen LogP contribution in [0, 0.1) is 0 Å². The van der Waals surface area contributed by atoms with Crippen LogP contribution in [0.4, 0.5) is 5.69 Å². The number of benzene rings is 2. The first-order valence-electron chi connectivity index (χ1n) is 10.3. The minimum absolute atomic E-state index is 0.126. The molecule has 5 rings (SSSR count). The van der Waals surface area contributed by atoms with Crippen LogP contribution in [0.5, 0.6) is 0 Å². The molecule has 1 saturated heterocycles. The van der Waals surface area contributed by atoms with Crippen LogP contribution in [0.2, 0.25) is 0 Å². The molecule has 3 aliphatic rings. The summed E-state index contributed by atoms with van der Waals surface area (Å²) in [7, 11) is 0. The van der Waals surface area contributed by atoms with E-state index in [4.69, 9.17) is 5.73 Å². The molecule has 154 valence electrons. The third kappa shape index (κ3) is 3.35. The van der Waals surface area contributed by atoms with Crippen molar-refractivity contribution in [1.29, 1.82) is 0 Å². The minimum atomic E-state index is -0.583. The van der Waals surface area contributed by atoms with Crippen LogP contribution in [-0.2, 0) is 28.2 Å². The normalized spacial score (nSPS) is 22.0. The maximum Gasteiger partial charge on any atom is 0.255 e. The van der Waals surface area contributed by atoms with Gasteiger partial charge in [-0.1, -0.05) is 24.3 Å². The summed E-state index contributed by atoms with van der Waals surface area (Å²) in [5.74, 6) is -0.811. The van der Waals surface area contributed by atoms with Gasteiger partial charge in [0.05, 0.1) is 0 Å².